The van der Waals surface area contributed by atoms with E-state index in [9.17, 15) is 13.6 Å². The summed E-state index contributed by atoms with van der Waals surface area (Å²) >= 11 is 3.34. The molecule has 0 amide bonds. The maximum absolute atomic E-state index is 13.8. The molecule has 2 heterocycles. The number of rotatable bonds is 4. The molecule has 0 saturated heterocycles. The second-order valence-electron chi connectivity index (χ2n) is 6.34. The summed E-state index contributed by atoms with van der Waals surface area (Å²) in [5, 5.41) is 0. The first-order valence-corrected chi connectivity index (χ1v) is 8.88. The van der Waals surface area contributed by atoms with Gasteiger partial charge in [0.1, 0.15) is 17.5 Å². The molecule has 1 aromatic carbocycles. The SMILES string of the molecule is CC(OC(=O)C1CC1c1ccc(F)cc1F)c1nc2ncc(Br)cc2[nH]1. The van der Waals surface area contributed by atoms with E-state index in [-0.39, 0.29) is 5.92 Å². The summed E-state index contributed by atoms with van der Waals surface area (Å²) in [5.41, 5.74) is 1.61. The van der Waals surface area contributed by atoms with Gasteiger partial charge in [0.2, 0.25) is 0 Å². The average Bonchev–Trinajstić information content (AvgIpc) is 3.26. The van der Waals surface area contributed by atoms with Gasteiger partial charge in [-0.1, -0.05) is 6.07 Å². The largest absolute Gasteiger partial charge is 0.454 e. The quantitative estimate of drug-likeness (QED) is 0.633. The number of fused-ring (bicyclic) bond motifs is 1. The number of esters is 1. The highest BCUT2D eigenvalue weighted by Crippen LogP contribution is 2.49. The van der Waals surface area contributed by atoms with Crippen LogP contribution in [0.25, 0.3) is 11.2 Å². The zero-order chi connectivity index (χ0) is 18.4. The van der Waals surface area contributed by atoms with Crippen LogP contribution in [0.15, 0.2) is 34.9 Å². The van der Waals surface area contributed by atoms with Gasteiger partial charge >= 0.3 is 5.97 Å². The van der Waals surface area contributed by atoms with E-state index in [4.69, 9.17) is 4.74 Å². The summed E-state index contributed by atoms with van der Waals surface area (Å²) in [6.45, 7) is 1.71. The molecule has 0 spiro atoms. The van der Waals surface area contributed by atoms with Crippen molar-refractivity contribution in [3.05, 3.63) is 58.0 Å². The number of H-pyrrole nitrogens is 1. The predicted octanol–water partition coefficient (Wildman–Crippen LogP) is 4.41. The van der Waals surface area contributed by atoms with Gasteiger partial charge in [-0.3, -0.25) is 4.79 Å². The van der Waals surface area contributed by atoms with E-state index in [0.717, 1.165) is 16.1 Å². The number of hydrogen-bond donors (Lipinski definition) is 1. The van der Waals surface area contributed by atoms with Crippen LogP contribution in [0.2, 0.25) is 0 Å². The number of halogens is 3. The summed E-state index contributed by atoms with van der Waals surface area (Å²) in [7, 11) is 0. The third-order valence-electron chi connectivity index (χ3n) is 4.46. The number of carbonyl (C=O) groups excluding carboxylic acids is 1. The molecule has 2 aromatic heterocycles. The first-order valence-electron chi connectivity index (χ1n) is 8.09. The van der Waals surface area contributed by atoms with Crippen molar-refractivity contribution in [2.75, 3.05) is 0 Å². The Morgan fingerprint density at radius 3 is 2.96 bits per heavy atom. The summed E-state index contributed by atoms with van der Waals surface area (Å²) in [5.74, 6) is -1.89. The number of ether oxygens (including phenoxy) is 1. The van der Waals surface area contributed by atoms with E-state index in [1.54, 1.807) is 13.1 Å². The Kier molecular flexibility index (Phi) is 4.22. The molecule has 3 unspecified atom stereocenters. The Hall–Kier alpha value is -2.35. The smallest absolute Gasteiger partial charge is 0.310 e. The first-order chi connectivity index (χ1) is 12.4. The van der Waals surface area contributed by atoms with Crippen molar-refractivity contribution >= 4 is 33.1 Å². The number of pyridine rings is 1. The monoisotopic (exact) mass is 421 g/mol. The molecule has 26 heavy (non-hydrogen) atoms. The van der Waals surface area contributed by atoms with Gasteiger partial charge in [-0.05, 0) is 47.0 Å². The van der Waals surface area contributed by atoms with Crippen molar-refractivity contribution in [1.29, 1.82) is 0 Å². The van der Waals surface area contributed by atoms with Crippen LogP contribution in [0, 0.1) is 17.6 Å². The molecule has 3 atom stereocenters. The minimum Gasteiger partial charge on any atom is -0.454 e. The third-order valence-corrected chi connectivity index (χ3v) is 4.89. The lowest BCUT2D eigenvalue weighted by molar-refractivity contribution is -0.150. The Bertz CT molecular complexity index is 1010. The molecule has 0 aliphatic heterocycles. The maximum Gasteiger partial charge on any atom is 0.310 e. The number of benzene rings is 1. The van der Waals surface area contributed by atoms with Gasteiger partial charge in [0, 0.05) is 22.7 Å². The van der Waals surface area contributed by atoms with E-state index in [2.05, 4.69) is 30.9 Å². The van der Waals surface area contributed by atoms with Gasteiger partial charge in [0.15, 0.2) is 11.8 Å². The number of nitrogens with zero attached hydrogens (tertiary/aromatic N) is 2. The first kappa shape index (κ1) is 17.1. The van der Waals surface area contributed by atoms with E-state index in [1.165, 1.54) is 12.1 Å². The number of hydrogen-bond acceptors (Lipinski definition) is 4. The van der Waals surface area contributed by atoms with E-state index >= 15 is 0 Å². The summed E-state index contributed by atoms with van der Waals surface area (Å²) in [6, 6.07) is 5.25. The van der Waals surface area contributed by atoms with Crippen LogP contribution in [0.3, 0.4) is 0 Å². The number of nitrogens with one attached hydrogen (secondary N) is 1. The normalized spacial score (nSPS) is 20.2. The van der Waals surface area contributed by atoms with Crippen LogP contribution < -0.4 is 0 Å². The highest BCUT2D eigenvalue weighted by molar-refractivity contribution is 9.10. The Morgan fingerprint density at radius 2 is 2.19 bits per heavy atom. The molecule has 1 aliphatic rings. The van der Waals surface area contributed by atoms with Crippen LogP contribution in [0.4, 0.5) is 8.78 Å². The zero-order valence-corrected chi connectivity index (χ0v) is 15.3. The van der Waals surface area contributed by atoms with Crippen molar-refractivity contribution in [1.82, 2.24) is 15.0 Å². The fourth-order valence-electron chi connectivity index (χ4n) is 3.00. The van der Waals surface area contributed by atoms with Crippen LogP contribution in [-0.2, 0) is 9.53 Å². The second-order valence-corrected chi connectivity index (χ2v) is 7.26. The third kappa shape index (κ3) is 3.21. The minimum absolute atomic E-state index is 0.274. The maximum atomic E-state index is 13.8. The average molecular weight is 422 g/mol. The second kappa shape index (κ2) is 6.42. The van der Waals surface area contributed by atoms with Crippen LogP contribution in [0.5, 0.6) is 0 Å². The molecule has 1 saturated carbocycles. The standard InChI is InChI=1S/C18H14BrF2N3O2/c1-8(16-23-15-4-9(19)7-22-17(15)24-16)26-18(25)13-6-12(13)11-3-2-10(20)5-14(11)21/h2-5,7-8,12-13H,6H2,1H3,(H,22,23,24). The number of imidazole rings is 1. The summed E-state index contributed by atoms with van der Waals surface area (Å²) in [6.07, 6.45) is 1.54. The molecular weight excluding hydrogens is 408 g/mol. The minimum atomic E-state index is -0.634. The predicted molar refractivity (Wildman–Crippen MR) is 93.3 cm³/mol. The van der Waals surface area contributed by atoms with Gasteiger partial charge in [-0.15, -0.1) is 0 Å². The molecule has 5 nitrogen and oxygen atoms in total. The Morgan fingerprint density at radius 1 is 1.38 bits per heavy atom. The number of aromatic amines is 1. The molecule has 0 bridgehead atoms. The van der Waals surface area contributed by atoms with Crippen molar-refractivity contribution in [3.8, 4) is 0 Å². The molecule has 8 heteroatoms. The summed E-state index contributed by atoms with van der Waals surface area (Å²) < 4.78 is 33.1. The molecule has 1 aliphatic carbocycles. The van der Waals surface area contributed by atoms with Crippen molar-refractivity contribution in [2.24, 2.45) is 5.92 Å². The highest BCUT2D eigenvalue weighted by Gasteiger charge is 2.47. The molecule has 4 rings (SSSR count). The van der Waals surface area contributed by atoms with Crippen LogP contribution in [-0.4, -0.2) is 20.9 Å². The van der Waals surface area contributed by atoms with Gasteiger partial charge in [0.25, 0.3) is 0 Å². The molecule has 3 aromatic rings. The van der Waals surface area contributed by atoms with Gasteiger partial charge in [-0.2, -0.15) is 0 Å². The van der Waals surface area contributed by atoms with Crippen molar-refractivity contribution in [2.45, 2.75) is 25.4 Å². The topological polar surface area (TPSA) is 67.9 Å². The van der Waals surface area contributed by atoms with Crippen LogP contribution >= 0.6 is 15.9 Å². The molecule has 0 radical (unpaired) electrons. The fourth-order valence-corrected chi connectivity index (χ4v) is 3.34. The van der Waals surface area contributed by atoms with Gasteiger partial charge < -0.3 is 9.72 Å². The molecular formula is C18H14BrF2N3O2. The Labute approximate surface area is 155 Å². The lowest BCUT2D eigenvalue weighted by Gasteiger charge is -2.10. The van der Waals surface area contributed by atoms with E-state index in [1.807, 2.05) is 6.07 Å². The van der Waals surface area contributed by atoms with Gasteiger partial charge in [0.05, 0.1) is 11.4 Å². The molecule has 1 fully saturated rings. The number of carbonyl (C=O) groups is 1. The van der Waals surface area contributed by atoms with Gasteiger partial charge in [-0.25, -0.2) is 18.7 Å². The molecule has 134 valence electrons. The van der Waals surface area contributed by atoms with E-state index in [0.29, 0.717) is 23.5 Å². The summed E-state index contributed by atoms with van der Waals surface area (Å²) in [4.78, 5) is 23.9. The Balaban J connectivity index is 1.44. The van der Waals surface area contributed by atoms with Crippen molar-refractivity contribution in [3.63, 3.8) is 0 Å². The highest BCUT2D eigenvalue weighted by atomic mass is 79.9. The molecule has 1 N–H and O–H groups in total. The zero-order valence-electron chi connectivity index (χ0n) is 13.7. The lowest BCUT2D eigenvalue weighted by Crippen LogP contribution is -2.12. The fraction of sp³-hybridized carbons (Fsp3) is 0.278. The lowest BCUT2D eigenvalue weighted by atomic mass is 10.1. The van der Waals surface area contributed by atoms with E-state index < -0.39 is 29.6 Å². The van der Waals surface area contributed by atoms with Crippen molar-refractivity contribution < 1.29 is 18.3 Å². The van der Waals surface area contributed by atoms with Crippen LogP contribution in [0.1, 0.15) is 36.8 Å². The number of aromatic nitrogens is 3.